The van der Waals surface area contributed by atoms with Gasteiger partial charge in [-0.25, -0.2) is 9.59 Å². The molecule has 0 amide bonds. The second-order valence-corrected chi connectivity index (χ2v) is 20.4. The van der Waals surface area contributed by atoms with Crippen molar-refractivity contribution in [2.45, 2.75) is 149 Å². The Morgan fingerprint density at radius 1 is 0.864 bits per heavy atom. The number of esters is 2. The van der Waals surface area contributed by atoms with Gasteiger partial charge in [0.05, 0.1) is 29.8 Å². The number of benzene rings is 1. The predicted octanol–water partition coefficient (Wildman–Crippen LogP) is 3.38. The maximum Gasteiger partial charge on any atom is 0.338 e. The van der Waals surface area contributed by atoms with Gasteiger partial charge in [-0.05, 0) is 91.1 Å². The van der Waals surface area contributed by atoms with Crippen LogP contribution in [-0.2, 0) is 28.5 Å². The molecule has 7 rings (SSSR count). The number of carboxylic acid groups (broad SMARTS) is 1. The van der Waals surface area contributed by atoms with E-state index in [1.165, 1.54) is 6.92 Å². The van der Waals surface area contributed by atoms with Gasteiger partial charge in [-0.3, -0.25) is 4.79 Å². The average Bonchev–Trinajstić information content (AvgIpc) is 3.17. The van der Waals surface area contributed by atoms with Gasteiger partial charge >= 0.3 is 17.9 Å². The fraction of sp³-hybridized carbons (Fsp3) is 0.756. The first kappa shape index (κ1) is 44.1. The number of aliphatic hydroxyl groups is 6. The summed E-state index contributed by atoms with van der Waals surface area (Å²) in [7, 11) is 0. The van der Waals surface area contributed by atoms with Crippen LogP contribution in [-0.4, -0.2) is 122 Å². The Labute approximate surface area is 345 Å². The predicted molar refractivity (Wildman–Crippen MR) is 210 cm³/mol. The van der Waals surface area contributed by atoms with Crippen molar-refractivity contribution in [3.63, 3.8) is 0 Å². The van der Waals surface area contributed by atoms with Crippen LogP contribution in [0.5, 0.6) is 0 Å². The number of carboxylic acids is 1. The Balaban J connectivity index is 1.22. The van der Waals surface area contributed by atoms with E-state index in [2.05, 4.69) is 26.8 Å². The number of aliphatic carboxylic acids is 1. The minimum absolute atomic E-state index is 0.0773. The molecule has 1 heterocycles. The number of allylic oxidation sites excluding steroid dienone is 2. The third kappa shape index (κ3) is 6.53. The maximum atomic E-state index is 13.5. The van der Waals surface area contributed by atoms with Crippen molar-refractivity contribution < 1.29 is 69.1 Å². The van der Waals surface area contributed by atoms with E-state index in [0.717, 1.165) is 12.0 Å². The zero-order valence-electron chi connectivity index (χ0n) is 35.2. The number of fused-ring (bicyclic) bond motifs is 7. The van der Waals surface area contributed by atoms with Crippen LogP contribution in [0, 0.1) is 50.2 Å². The van der Waals surface area contributed by atoms with Gasteiger partial charge in [0.2, 0.25) is 0 Å². The van der Waals surface area contributed by atoms with Crippen molar-refractivity contribution in [2.24, 2.45) is 50.2 Å². The highest BCUT2D eigenvalue weighted by Gasteiger charge is 2.73. The molecule has 17 atom stereocenters. The molecule has 1 aliphatic heterocycles. The third-order valence-electron chi connectivity index (χ3n) is 17.1. The molecule has 328 valence electrons. The molecule has 1 aromatic carbocycles. The zero-order valence-corrected chi connectivity index (χ0v) is 35.2. The standard InChI is InChI=1S/C45H64O14/c1-23(47)56-22-45-26(19-40(2,3)36(35(45)52)59-38(55)24-11-9-8-10-12-24)25-13-14-28-41(4)17-16-30(57-39-33(51)31(49)32(50)34(58-39)37(53)54)42(5,21-46)27(41)15-18-43(28,6)44(25,7)20-29(45)48/h8-13,26-36,39,46,48-52H,14-22H2,1-7H3,(H,53,54)/t26-,27+,28+,29-,30-,31-,32-,33+,34-,35-,36-,39+,41-,42-,43+,44+,45-/m0/s1. The van der Waals surface area contributed by atoms with Gasteiger partial charge in [0.1, 0.15) is 37.1 Å². The zero-order chi connectivity index (χ0) is 43.2. The van der Waals surface area contributed by atoms with Crippen LogP contribution in [0.4, 0.5) is 0 Å². The molecule has 5 aliphatic carbocycles. The second kappa shape index (κ2) is 15.1. The fourth-order valence-corrected chi connectivity index (χ4v) is 13.6. The summed E-state index contributed by atoms with van der Waals surface area (Å²) >= 11 is 0. The number of rotatable bonds is 8. The average molecular weight is 829 g/mol. The topological polar surface area (TPSA) is 230 Å². The van der Waals surface area contributed by atoms with E-state index < -0.39 is 101 Å². The quantitative estimate of drug-likeness (QED) is 0.113. The van der Waals surface area contributed by atoms with Gasteiger partial charge in [0.15, 0.2) is 12.4 Å². The first-order chi connectivity index (χ1) is 27.5. The molecule has 0 aromatic heterocycles. The lowest BCUT2D eigenvalue weighted by molar-refractivity contribution is -0.328. The minimum Gasteiger partial charge on any atom is -0.479 e. The molecule has 1 saturated heterocycles. The second-order valence-electron chi connectivity index (χ2n) is 20.4. The molecule has 0 radical (unpaired) electrons. The molecule has 0 unspecified atom stereocenters. The number of ether oxygens (including phenoxy) is 4. The summed E-state index contributed by atoms with van der Waals surface area (Å²) in [6, 6.07) is 8.56. The molecule has 14 nitrogen and oxygen atoms in total. The first-order valence-electron chi connectivity index (χ1n) is 21.2. The van der Waals surface area contributed by atoms with Crippen molar-refractivity contribution in [1.29, 1.82) is 0 Å². The summed E-state index contributed by atoms with van der Waals surface area (Å²) < 4.78 is 23.7. The van der Waals surface area contributed by atoms with E-state index in [9.17, 15) is 50.1 Å². The highest BCUT2D eigenvalue weighted by Crippen LogP contribution is 2.76. The fourth-order valence-electron chi connectivity index (χ4n) is 13.6. The number of aliphatic hydroxyl groups excluding tert-OH is 6. The van der Waals surface area contributed by atoms with Crippen molar-refractivity contribution in [3.05, 3.63) is 47.5 Å². The van der Waals surface area contributed by atoms with Gasteiger partial charge < -0.3 is 54.7 Å². The molecule has 0 spiro atoms. The van der Waals surface area contributed by atoms with Gasteiger partial charge in [-0.15, -0.1) is 0 Å². The Morgan fingerprint density at radius 2 is 1.54 bits per heavy atom. The van der Waals surface area contributed by atoms with E-state index in [-0.39, 0.29) is 42.3 Å². The lowest BCUT2D eigenvalue weighted by Crippen LogP contribution is -2.72. The smallest absolute Gasteiger partial charge is 0.338 e. The highest BCUT2D eigenvalue weighted by atomic mass is 16.7. The number of hydrogen-bond donors (Lipinski definition) is 7. The molecule has 0 bridgehead atoms. The van der Waals surface area contributed by atoms with E-state index >= 15 is 0 Å². The van der Waals surface area contributed by atoms with E-state index in [0.29, 0.717) is 37.7 Å². The lowest BCUT2D eigenvalue weighted by Gasteiger charge is -2.72. The summed E-state index contributed by atoms with van der Waals surface area (Å²) in [5, 5.41) is 77.6. The van der Waals surface area contributed by atoms with E-state index in [4.69, 9.17) is 18.9 Å². The molecule has 6 aliphatic rings. The van der Waals surface area contributed by atoms with Crippen LogP contribution < -0.4 is 0 Å². The van der Waals surface area contributed by atoms with Gasteiger partial charge in [0.25, 0.3) is 0 Å². The summed E-state index contributed by atoms with van der Waals surface area (Å²) in [4.78, 5) is 37.7. The molecular formula is C45H64O14. The largest absolute Gasteiger partial charge is 0.479 e. The van der Waals surface area contributed by atoms with Crippen molar-refractivity contribution in [1.82, 2.24) is 0 Å². The molecule has 1 aromatic rings. The van der Waals surface area contributed by atoms with Crippen LogP contribution in [0.2, 0.25) is 0 Å². The Kier molecular flexibility index (Phi) is 11.3. The van der Waals surface area contributed by atoms with Crippen LogP contribution >= 0.6 is 0 Å². The van der Waals surface area contributed by atoms with Crippen LogP contribution in [0.15, 0.2) is 42.0 Å². The SMILES string of the molecule is CC(=O)OC[C@@]12[C@@H](O)C[C@]3(C)C(=CC[C@@H]4[C@@]5(C)CC[C@H](O[C@@H]6O[C@H](C(=O)O)[C@@H](O)[C@H](O)[C@H]6O)[C@@](C)(CO)[C@@H]5CC[C@]43C)[C@@H]1CC(C)(C)[C@@H](OC(=O)c1ccccc1)[C@@H]2O. The molecule has 14 heteroatoms. The van der Waals surface area contributed by atoms with Crippen molar-refractivity contribution in [2.75, 3.05) is 13.2 Å². The maximum absolute atomic E-state index is 13.5. The summed E-state index contributed by atoms with van der Waals surface area (Å²) in [5.41, 5.74) is -2.81. The summed E-state index contributed by atoms with van der Waals surface area (Å²) in [6.07, 6.45) is -6.76. The first-order valence-corrected chi connectivity index (χ1v) is 21.2. The van der Waals surface area contributed by atoms with Crippen molar-refractivity contribution in [3.8, 4) is 0 Å². The third-order valence-corrected chi connectivity index (χ3v) is 17.1. The Morgan fingerprint density at radius 3 is 2.17 bits per heavy atom. The molecular weight excluding hydrogens is 764 g/mol. The number of carbonyl (C=O) groups excluding carboxylic acids is 2. The molecule has 4 saturated carbocycles. The normalized spacial score (nSPS) is 47.6. The summed E-state index contributed by atoms with van der Waals surface area (Å²) in [6.45, 7) is 13.4. The monoisotopic (exact) mass is 828 g/mol. The van der Waals surface area contributed by atoms with Gasteiger partial charge in [-0.1, -0.05) is 71.4 Å². The highest BCUT2D eigenvalue weighted by molar-refractivity contribution is 5.89. The minimum atomic E-state index is -1.85. The number of hydrogen-bond acceptors (Lipinski definition) is 13. The Hall–Kier alpha value is -2.95. The molecule has 7 N–H and O–H groups in total. The van der Waals surface area contributed by atoms with Crippen LogP contribution in [0.1, 0.15) is 104 Å². The van der Waals surface area contributed by atoms with Gasteiger partial charge in [-0.2, -0.15) is 0 Å². The molecule has 59 heavy (non-hydrogen) atoms. The number of carbonyl (C=O) groups is 3. The van der Waals surface area contributed by atoms with Crippen molar-refractivity contribution >= 4 is 17.9 Å². The summed E-state index contributed by atoms with van der Waals surface area (Å²) in [5.74, 6) is -3.07. The van der Waals surface area contributed by atoms with E-state index in [1.54, 1.807) is 30.3 Å². The van der Waals surface area contributed by atoms with Crippen LogP contribution in [0.3, 0.4) is 0 Å². The molecule has 5 fully saturated rings. The Bertz CT molecular complexity index is 1820. The van der Waals surface area contributed by atoms with E-state index in [1.807, 2.05) is 20.8 Å². The van der Waals surface area contributed by atoms with Gasteiger partial charge in [0, 0.05) is 17.8 Å². The van der Waals surface area contributed by atoms with Crippen LogP contribution in [0.25, 0.3) is 0 Å². The lowest BCUT2D eigenvalue weighted by atomic mass is 9.33.